The van der Waals surface area contributed by atoms with Gasteiger partial charge in [0.25, 0.3) is 0 Å². The van der Waals surface area contributed by atoms with Crippen LogP contribution in [-0.2, 0) is 13.0 Å². The highest BCUT2D eigenvalue weighted by atomic mass is 35.5. The van der Waals surface area contributed by atoms with Crippen molar-refractivity contribution in [2.45, 2.75) is 20.0 Å². The molecule has 5 heteroatoms. The quantitative estimate of drug-likeness (QED) is 0.918. The van der Waals surface area contributed by atoms with E-state index in [0.717, 1.165) is 17.7 Å². The Labute approximate surface area is 121 Å². The minimum Gasteiger partial charge on any atom is -0.439 e. The van der Waals surface area contributed by atoms with E-state index < -0.39 is 0 Å². The summed E-state index contributed by atoms with van der Waals surface area (Å²) < 4.78 is 5.63. The van der Waals surface area contributed by atoms with Crippen molar-refractivity contribution in [3.05, 3.63) is 51.6 Å². The van der Waals surface area contributed by atoms with E-state index in [1.165, 1.54) is 0 Å². The number of halogens is 2. The van der Waals surface area contributed by atoms with Gasteiger partial charge in [0.1, 0.15) is 5.75 Å². The number of benzene rings is 1. The van der Waals surface area contributed by atoms with Gasteiger partial charge in [0.2, 0.25) is 5.88 Å². The lowest BCUT2D eigenvalue weighted by molar-refractivity contribution is 0.281. The molecule has 0 aliphatic carbocycles. The van der Waals surface area contributed by atoms with Gasteiger partial charge in [-0.15, -0.1) is 0 Å². The molecule has 100 valence electrons. The summed E-state index contributed by atoms with van der Waals surface area (Å²) in [6.07, 6.45) is 0.764. The van der Waals surface area contributed by atoms with Gasteiger partial charge in [0.05, 0.1) is 6.61 Å². The number of rotatable bonds is 4. The lowest BCUT2D eigenvalue weighted by Crippen LogP contribution is -1.96. The Hall–Kier alpha value is -1.29. The molecule has 3 nitrogen and oxygen atoms in total. The number of aromatic nitrogens is 1. The predicted octanol–water partition coefficient (Wildman–Crippen LogP) is 4.24. The van der Waals surface area contributed by atoms with Crippen molar-refractivity contribution in [3.8, 4) is 11.6 Å². The maximum Gasteiger partial charge on any atom is 0.219 e. The van der Waals surface area contributed by atoms with Crippen LogP contribution in [0.5, 0.6) is 11.6 Å². The van der Waals surface area contributed by atoms with Crippen molar-refractivity contribution in [3.63, 3.8) is 0 Å². The SMILES string of the molecule is CCc1cc(CO)cc(Oc2cc(Cl)cc(Cl)c2)n1. The van der Waals surface area contributed by atoms with Crippen molar-refractivity contribution in [1.82, 2.24) is 4.98 Å². The average molecular weight is 298 g/mol. The summed E-state index contributed by atoms with van der Waals surface area (Å²) in [4.78, 5) is 4.33. The first-order valence-electron chi connectivity index (χ1n) is 5.85. The molecule has 0 bridgehead atoms. The van der Waals surface area contributed by atoms with Gasteiger partial charge in [-0.05, 0) is 36.2 Å². The molecule has 1 aromatic heterocycles. The Morgan fingerprint density at radius 1 is 1.11 bits per heavy atom. The molecule has 0 fully saturated rings. The molecule has 0 aliphatic rings. The molecule has 1 N–H and O–H groups in total. The molecule has 0 saturated heterocycles. The summed E-state index contributed by atoms with van der Waals surface area (Å²) in [5.74, 6) is 0.934. The Balaban J connectivity index is 2.31. The van der Waals surface area contributed by atoms with Gasteiger partial charge < -0.3 is 9.84 Å². The zero-order chi connectivity index (χ0) is 13.8. The van der Waals surface area contributed by atoms with Gasteiger partial charge in [-0.2, -0.15) is 0 Å². The fourth-order valence-electron chi connectivity index (χ4n) is 1.65. The zero-order valence-corrected chi connectivity index (χ0v) is 11.9. The third-order valence-electron chi connectivity index (χ3n) is 2.52. The second-order valence-corrected chi connectivity index (χ2v) is 4.90. The molecule has 1 aromatic carbocycles. The number of aliphatic hydroxyl groups is 1. The first-order valence-corrected chi connectivity index (χ1v) is 6.61. The van der Waals surface area contributed by atoms with Crippen molar-refractivity contribution in [2.24, 2.45) is 0 Å². The lowest BCUT2D eigenvalue weighted by Gasteiger charge is -2.09. The van der Waals surface area contributed by atoms with Crippen LogP contribution in [0.4, 0.5) is 0 Å². The minimum atomic E-state index is -0.0534. The lowest BCUT2D eigenvalue weighted by atomic mass is 10.2. The molecule has 0 atom stereocenters. The van der Waals surface area contributed by atoms with E-state index >= 15 is 0 Å². The summed E-state index contributed by atoms with van der Waals surface area (Å²) in [5, 5.41) is 10.2. The van der Waals surface area contributed by atoms with E-state index in [0.29, 0.717) is 21.7 Å². The third kappa shape index (κ3) is 3.83. The highest BCUT2D eigenvalue weighted by molar-refractivity contribution is 6.34. The van der Waals surface area contributed by atoms with Gasteiger partial charge in [0, 0.05) is 21.8 Å². The van der Waals surface area contributed by atoms with Crippen molar-refractivity contribution < 1.29 is 9.84 Å². The number of hydrogen-bond acceptors (Lipinski definition) is 3. The van der Waals surface area contributed by atoms with Gasteiger partial charge >= 0.3 is 0 Å². The zero-order valence-electron chi connectivity index (χ0n) is 10.4. The second kappa shape index (κ2) is 6.24. The molecule has 0 unspecified atom stereocenters. The third-order valence-corrected chi connectivity index (χ3v) is 2.95. The molecule has 2 rings (SSSR count). The maximum atomic E-state index is 9.21. The Morgan fingerprint density at radius 2 is 1.79 bits per heavy atom. The van der Waals surface area contributed by atoms with E-state index in [4.69, 9.17) is 27.9 Å². The molecule has 19 heavy (non-hydrogen) atoms. The standard InChI is InChI=1S/C14H13Cl2NO2/c1-2-12-3-9(8-18)4-14(17-12)19-13-6-10(15)5-11(16)7-13/h3-7,18H,2,8H2,1H3. The predicted molar refractivity (Wildman–Crippen MR) is 76.1 cm³/mol. The monoisotopic (exact) mass is 297 g/mol. The summed E-state index contributed by atoms with van der Waals surface area (Å²) >= 11 is 11.8. The molecule has 1 heterocycles. The van der Waals surface area contributed by atoms with E-state index in [1.54, 1.807) is 24.3 Å². The van der Waals surface area contributed by atoms with Crippen LogP contribution in [-0.4, -0.2) is 10.1 Å². The van der Waals surface area contributed by atoms with E-state index in [1.807, 2.05) is 13.0 Å². The largest absolute Gasteiger partial charge is 0.439 e. The number of aliphatic hydroxyl groups excluding tert-OH is 1. The molecule has 0 radical (unpaired) electrons. The summed E-state index contributed by atoms with van der Waals surface area (Å²) in [6.45, 7) is 1.94. The first kappa shape index (κ1) is 14.1. The van der Waals surface area contributed by atoms with Crippen LogP contribution in [0.2, 0.25) is 10.0 Å². The van der Waals surface area contributed by atoms with Crippen molar-refractivity contribution in [2.75, 3.05) is 0 Å². The number of pyridine rings is 1. The van der Waals surface area contributed by atoms with Gasteiger partial charge in [0.15, 0.2) is 0 Å². The minimum absolute atomic E-state index is 0.0534. The van der Waals surface area contributed by atoms with E-state index in [2.05, 4.69) is 4.98 Å². The van der Waals surface area contributed by atoms with Crippen LogP contribution in [0.25, 0.3) is 0 Å². The fourth-order valence-corrected chi connectivity index (χ4v) is 2.16. The molecule has 0 amide bonds. The number of ether oxygens (including phenoxy) is 1. The van der Waals surface area contributed by atoms with Crippen molar-refractivity contribution in [1.29, 1.82) is 0 Å². The average Bonchev–Trinajstić information content (AvgIpc) is 2.37. The van der Waals surface area contributed by atoms with E-state index in [9.17, 15) is 5.11 Å². The highest BCUT2D eigenvalue weighted by Crippen LogP contribution is 2.28. The number of nitrogens with zero attached hydrogens (tertiary/aromatic N) is 1. The molecule has 2 aromatic rings. The smallest absolute Gasteiger partial charge is 0.219 e. The van der Waals surface area contributed by atoms with Crippen LogP contribution in [0.1, 0.15) is 18.2 Å². The van der Waals surface area contributed by atoms with Gasteiger partial charge in [-0.3, -0.25) is 0 Å². The Morgan fingerprint density at radius 3 is 2.37 bits per heavy atom. The molecule has 0 aliphatic heterocycles. The van der Waals surface area contributed by atoms with Crippen LogP contribution in [0.15, 0.2) is 30.3 Å². The molecule has 0 spiro atoms. The maximum absolute atomic E-state index is 9.21. The number of hydrogen-bond donors (Lipinski definition) is 1. The summed E-state index contributed by atoms with van der Waals surface area (Å²) in [7, 11) is 0. The Kier molecular flexibility index (Phi) is 4.64. The van der Waals surface area contributed by atoms with Crippen LogP contribution < -0.4 is 4.74 Å². The second-order valence-electron chi connectivity index (χ2n) is 4.02. The van der Waals surface area contributed by atoms with Crippen LogP contribution in [0.3, 0.4) is 0 Å². The number of aryl methyl sites for hydroxylation is 1. The van der Waals surface area contributed by atoms with Crippen LogP contribution in [0, 0.1) is 0 Å². The summed E-state index contributed by atoms with van der Waals surface area (Å²) in [6, 6.07) is 8.48. The normalized spacial score (nSPS) is 10.5. The highest BCUT2D eigenvalue weighted by Gasteiger charge is 2.05. The molecule has 0 saturated carbocycles. The van der Waals surface area contributed by atoms with E-state index in [-0.39, 0.29) is 6.61 Å². The van der Waals surface area contributed by atoms with Gasteiger partial charge in [-0.25, -0.2) is 4.98 Å². The summed E-state index contributed by atoms with van der Waals surface area (Å²) in [5.41, 5.74) is 1.62. The fraction of sp³-hybridized carbons (Fsp3) is 0.214. The first-order chi connectivity index (χ1) is 9.10. The molecular formula is C14H13Cl2NO2. The Bertz CT molecular complexity index is 545. The van der Waals surface area contributed by atoms with Gasteiger partial charge in [-0.1, -0.05) is 30.1 Å². The van der Waals surface area contributed by atoms with Crippen molar-refractivity contribution >= 4 is 23.2 Å². The topological polar surface area (TPSA) is 42.4 Å². The van der Waals surface area contributed by atoms with Crippen LogP contribution >= 0.6 is 23.2 Å². The molecular weight excluding hydrogens is 285 g/mol.